The van der Waals surface area contributed by atoms with E-state index < -0.39 is 17.7 Å². The molecule has 2 aromatic heterocycles. The molecule has 0 saturated carbocycles. The molecular formula is C26H21N3O4. The summed E-state index contributed by atoms with van der Waals surface area (Å²) in [6.07, 6.45) is 3.42. The first kappa shape index (κ1) is 20.5. The predicted molar refractivity (Wildman–Crippen MR) is 123 cm³/mol. The number of aliphatic hydroxyl groups is 1. The third kappa shape index (κ3) is 3.53. The third-order valence-corrected chi connectivity index (χ3v) is 5.86. The molecule has 1 unspecified atom stereocenters. The summed E-state index contributed by atoms with van der Waals surface area (Å²) < 4.78 is 5.26. The molecule has 0 bridgehead atoms. The normalized spacial score (nSPS) is 17.6. The standard InChI is InChI=1S/C26H21N3O4/c1-33-18-9-6-7-16(13-18)24(30)22-23(20-14-28-21-11-3-2-10-19(20)21)29(26(32)25(22)31)15-17-8-4-5-12-27-17/h2-14,23,28,30H,15H2,1H3/b24-22+. The maximum Gasteiger partial charge on any atom is 0.296 e. The number of hydrogen-bond donors (Lipinski definition) is 2. The number of fused-ring (bicyclic) bond motifs is 1. The van der Waals surface area contributed by atoms with Crippen LogP contribution in [0.15, 0.2) is 84.7 Å². The van der Waals surface area contributed by atoms with Crippen LogP contribution in [-0.4, -0.2) is 38.8 Å². The fraction of sp³-hybridized carbons (Fsp3) is 0.115. The van der Waals surface area contributed by atoms with Crippen LogP contribution in [0.3, 0.4) is 0 Å². The smallest absolute Gasteiger partial charge is 0.296 e. The number of methoxy groups -OCH3 is 1. The van der Waals surface area contributed by atoms with Crippen LogP contribution in [0.25, 0.3) is 16.7 Å². The number of ketones is 1. The highest BCUT2D eigenvalue weighted by Crippen LogP contribution is 2.42. The number of para-hydroxylation sites is 1. The summed E-state index contributed by atoms with van der Waals surface area (Å²) in [4.78, 5) is 35.4. The molecule has 1 aliphatic heterocycles. The number of ether oxygens (including phenoxy) is 1. The zero-order valence-corrected chi connectivity index (χ0v) is 17.9. The molecule has 4 aromatic rings. The highest BCUT2D eigenvalue weighted by atomic mass is 16.5. The van der Waals surface area contributed by atoms with Crippen LogP contribution in [0.4, 0.5) is 0 Å². The Bertz CT molecular complexity index is 1390. The maximum absolute atomic E-state index is 13.2. The van der Waals surface area contributed by atoms with Gasteiger partial charge >= 0.3 is 0 Å². The first-order valence-electron chi connectivity index (χ1n) is 10.5. The first-order valence-corrected chi connectivity index (χ1v) is 10.5. The first-order chi connectivity index (χ1) is 16.1. The molecule has 7 heteroatoms. The topological polar surface area (TPSA) is 95.5 Å². The predicted octanol–water partition coefficient (Wildman–Crippen LogP) is 4.19. The van der Waals surface area contributed by atoms with E-state index >= 15 is 0 Å². The summed E-state index contributed by atoms with van der Waals surface area (Å²) in [7, 11) is 1.52. The van der Waals surface area contributed by atoms with E-state index in [0.717, 1.165) is 16.5 Å². The van der Waals surface area contributed by atoms with Crippen molar-refractivity contribution in [2.45, 2.75) is 12.6 Å². The minimum Gasteiger partial charge on any atom is -0.507 e. The van der Waals surface area contributed by atoms with Gasteiger partial charge in [0.05, 0.1) is 31.0 Å². The minimum atomic E-state index is -0.783. The Kier molecular flexibility index (Phi) is 5.14. The van der Waals surface area contributed by atoms with Crippen LogP contribution >= 0.6 is 0 Å². The van der Waals surface area contributed by atoms with Gasteiger partial charge in [0.2, 0.25) is 0 Å². The van der Waals surface area contributed by atoms with E-state index in [0.29, 0.717) is 17.0 Å². The number of benzene rings is 2. The van der Waals surface area contributed by atoms with Crippen molar-refractivity contribution in [3.05, 3.63) is 102 Å². The van der Waals surface area contributed by atoms with Crippen LogP contribution in [0, 0.1) is 0 Å². The fourth-order valence-electron chi connectivity index (χ4n) is 4.28. The number of pyridine rings is 1. The number of rotatable bonds is 5. The molecule has 1 amide bonds. The zero-order valence-electron chi connectivity index (χ0n) is 17.9. The number of H-pyrrole nitrogens is 1. The molecule has 2 aromatic carbocycles. The van der Waals surface area contributed by atoms with Gasteiger partial charge in [-0.15, -0.1) is 0 Å². The molecule has 1 aliphatic rings. The molecule has 7 nitrogen and oxygen atoms in total. The number of aromatic amines is 1. The van der Waals surface area contributed by atoms with Gasteiger partial charge in [0.1, 0.15) is 11.5 Å². The van der Waals surface area contributed by atoms with Gasteiger partial charge in [-0.25, -0.2) is 0 Å². The second kappa shape index (κ2) is 8.27. The lowest BCUT2D eigenvalue weighted by molar-refractivity contribution is -0.140. The molecular weight excluding hydrogens is 418 g/mol. The van der Waals surface area contributed by atoms with E-state index in [4.69, 9.17) is 4.74 Å². The monoisotopic (exact) mass is 439 g/mol. The van der Waals surface area contributed by atoms with Crippen molar-refractivity contribution in [2.75, 3.05) is 7.11 Å². The molecule has 164 valence electrons. The van der Waals surface area contributed by atoms with E-state index in [-0.39, 0.29) is 17.9 Å². The summed E-state index contributed by atoms with van der Waals surface area (Å²) in [6, 6.07) is 19.1. The van der Waals surface area contributed by atoms with Gasteiger partial charge in [0.15, 0.2) is 0 Å². The minimum absolute atomic E-state index is 0.0361. The number of aliphatic hydroxyl groups excluding tert-OH is 1. The number of likely N-dealkylation sites (tertiary alicyclic amines) is 1. The maximum atomic E-state index is 13.2. The molecule has 2 N–H and O–H groups in total. The lowest BCUT2D eigenvalue weighted by atomic mass is 9.95. The highest BCUT2D eigenvalue weighted by Gasteiger charge is 2.47. The van der Waals surface area contributed by atoms with Crippen molar-refractivity contribution in [3.63, 3.8) is 0 Å². The Hall–Kier alpha value is -4.39. The Balaban J connectivity index is 1.71. The third-order valence-electron chi connectivity index (χ3n) is 5.86. The van der Waals surface area contributed by atoms with Gasteiger partial charge in [-0.3, -0.25) is 14.6 Å². The van der Waals surface area contributed by atoms with Crippen LogP contribution in [-0.2, 0) is 16.1 Å². The number of aromatic nitrogens is 2. The molecule has 1 atom stereocenters. The van der Waals surface area contributed by atoms with Gasteiger partial charge in [-0.1, -0.05) is 36.4 Å². The average molecular weight is 439 g/mol. The van der Waals surface area contributed by atoms with E-state index in [2.05, 4.69) is 9.97 Å². The lowest BCUT2D eigenvalue weighted by Gasteiger charge is -2.24. The van der Waals surface area contributed by atoms with E-state index in [1.54, 1.807) is 48.8 Å². The summed E-state index contributed by atoms with van der Waals surface area (Å²) >= 11 is 0. The second-order valence-electron chi connectivity index (χ2n) is 7.77. The van der Waals surface area contributed by atoms with Gasteiger partial charge in [-0.05, 0) is 30.3 Å². The number of nitrogens with one attached hydrogen (secondary N) is 1. The van der Waals surface area contributed by atoms with E-state index in [1.807, 2.05) is 30.3 Å². The largest absolute Gasteiger partial charge is 0.507 e. The molecule has 0 aliphatic carbocycles. The second-order valence-corrected chi connectivity index (χ2v) is 7.77. The van der Waals surface area contributed by atoms with Crippen molar-refractivity contribution >= 4 is 28.4 Å². The van der Waals surface area contributed by atoms with E-state index in [1.165, 1.54) is 12.0 Å². The van der Waals surface area contributed by atoms with E-state index in [9.17, 15) is 14.7 Å². The molecule has 0 spiro atoms. The fourth-order valence-corrected chi connectivity index (χ4v) is 4.28. The number of carbonyl (C=O) groups excluding carboxylic acids is 2. The van der Waals surface area contributed by atoms with Gasteiger partial charge in [-0.2, -0.15) is 0 Å². The van der Waals surface area contributed by atoms with Crippen LogP contribution in [0.1, 0.15) is 22.9 Å². The molecule has 1 saturated heterocycles. The Morgan fingerprint density at radius 3 is 2.70 bits per heavy atom. The number of nitrogens with zero attached hydrogens (tertiary/aromatic N) is 2. The number of hydrogen-bond acceptors (Lipinski definition) is 5. The molecule has 1 fully saturated rings. The van der Waals surface area contributed by atoms with Crippen molar-refractivity contribution in [1.82, 2.24) is 14.9 Å². The molecule has 5 rings (SSSR count). The number of Topliss-reactive ketones (excluding diaryl/α,β-unsaturated/α-hetero) is 1. The summed E-state index contributed by atoms with van der Waals surface area (Å²) in [5.74, 6) is -1.13. The van der Waals surface area contributed by atoms with Gasteiger partial charge in [0, 0.05) is 34.4 Å². The van der Waals surface area contributed by atoms with Crippen LogP contribution in [0.2, 0.25) is 0 Å². The molecule has 33 heavy (non-hydrogen) atoms. The quantitative estimate of drug-likeness (QED) is 0.276. The Morgan fingerprint density at radius 2 is 1.91 bits per heavy atom. The summed E-state index contributed by atoms with van der Waals surface area (Å²) in [5.41, 5.74) is 2.68. The van der Waals surface area contributed by atoms with Gasteiger partial charge in [0.25, 0.3) is 11.7 Å². The zero-order chi connectivity index (χ0) is 22.9. The average Bonchev–Trinajstić information content (AvgIpc) is 3.38. The Labute approximate surface area is 190 Å². The number of carbonyl (C=O) groups is 2. The van der Waals surface area contributed by atoms with Crippen molar-refractivity contribution in [2.24, 2.45) is 0 Å². The van der Waals surface area contributed by atoms with Crippen molar-refractivity contribution < 1.29 is 19.4 Å². The SMILES string of the molecule is COc1cccc(/C(O)=C2\C(=O)C(=O)N(Cc3ccccn3)C2c2c[nH]c3ccccc23)c1. The summed E-state index contributed by atoms with van der Waals surface area (Å²) in [6.45, 7) is 0.129. The summed E-state index contributed by atoms with van der Waals surface area (Å²) in [5, 5.41) is 12.1. The van der Waals surface area contributed by atoms with Crippen molar-refractivity contribution in [1.29, 1.82) is 0 Å². The van der Waals surface area contributed by atoms with Gasteiger partial charge < -0.3 is 19.7 Å². The number of amides is 1. The highest BCUT2D eigenvalue weighted by molar-refractivity contribution is 6.46. The van der Waals surface area contributed by atoms with Crippen molar-refractivity contribution in [3.8, 4) is 5.75 Å². The molecule has 3 heterocycles. The van der Waals surface area contributed by atoms with Crippen LogP contribution in [0.5, 0.6) is 5.75 Å². The van der Waals surface area contributed by atoms with Crippen LogP contribution < -0.4 is 4.74 Å². The Morgan fingerprint density at radius 1 is 1.09 bits per heavy atom. The lowest BCUT2D eigenvalue weighted by Crippen LogP contribution is -2.29. The molecule has 0 radical (unpaired) electrons.